The highest BCUT2D eigenvalue weighted by Crippen LogP contribution is 2.16. The zero-order valence-electron chi connectivity index (χ0n) is 15.4. The molecule has 8 nitrogen and oxygen atoms in total. The predicted molar refractivity (Wildman–Crippen MR) is 97.2 cm³/mol. The molecular formula is C18H27N5O3. The minimum absolute atomic E-state index is 0.105. The van der Waals surface area contributed by atoms with Crippen LogP contribution < -0.4 is 4.90 Å². The summed E-state index contributed by atoms with van der Waals surface area (Å²) < 4.78 is 5.01. The first-order valence-electron chi connectivity index (χ1n) is 9.48. The van der Waals surface area contributed by atoms with Crippen LogP contribution in [0.4, 0.5) is 10.7 Å². The number of rotatable bonds is 3. The highest BCUT2D eigenvalue weighted by Gasteiger charge is 2.26. The van der Waals surface area contributed by atoms with E-state index in [1.165, 1.54) is 12.8 Å². The number of anilines is 1. The quantitative estimate of drug-likeness (QED) is 0.816. The second-order valence-corrected chi connectivity index (χ2v) is 6.62. The van der Waals surface area contributed by atoms with E-state index in [1.54, 1.807) is 29.0 Å². The van der Waals surface area contributed by atoms with Gasteiger partial charge in [0.25, 0.3) is 5.91 Å². The molecule has 0 N–H and O–H groups in total. The summed E-state index contributed by atoms with van der Waals surface area (Å²) in [5.41, 5.74) is 0.420. The lowest BCUT2D eigenvalue weighted by molar-refractivity contribution is 0.0566. The Kier molecular flexibility index (Phi) is 6.25. The van der Waals surface area contributed by atoms with Crippen molar-refractivity contribution in [2.75, 3.05) is 50.8 Å². The van der Waals surface area contributed by atoms with Crippen molar-refractivity contribution in [3.8, 4) is 0 Å². The lowest BCUT2D eigenvalue weighted by Gasteiger charge is -2.33. The average Bonchev–Trinajstić information content (AvgIpc) is 2.97. The monoisotopic (exact) mass is 361 g/mol. The van der Waals surface area contributed by atoms with E-state index >= 15 is 0 Å². The van der Waals surface area contributed by atoms with E-state index in [0.717, 1.165) is 25.9 Å². The van der Waals surface area contributed by atoms with E-state index < -0.39 is 0 Å². The summed E-state index contributed by atoms with van der Waals surface area (Å²) in [6.45, 7) is 5.96. The van der Waals surface area contributed by atoms with Gasteiger partial charge in [0.1, 0.15) is 5.69 Å². The Morgan fingerprint density at radius 1 is 1.00 bits per heavy atom. The molecule has 26 heavy (non-hydrogen) atoms. The molecule has 8 heteroatoms. The minimum Gasteiger partial charge on any atom is -0.450 e. The van der Waals surface area contributed by atoms with Gasteiger partial charge in [-0.1, -0.05) is 12.8 Å². The fourth-order valence-corrected chi connectivity index (χ4v) is 3.36. The van der Waals surface area contributed by atoms with Gasteiger partial charge < -0.3 is 19.4 Å². The van der Waals surface area contributed by atoms with Crippen molar-refractivity contribution in [2.45, 2.75) is 32.6 Å². The molecule has 2 fully saturated rings. The van der Waals surface area contributed by atoms with Crippen LogP contribution >= 0.6 is 0 Å². The van der Waals surface area contributed by atoms with Gasteiger partial charge >= 0.3 is 6.09 Å². The Hall–Kier alpha value is -2.38. The number of nitrogens with zero attached hydrogens (tertiary/aromatic N) is 5. The summed E-state index contributed by atoms with van der Waals surface area (Å²) in [4.78, 5) is 39.0. The van der Waals surface area contributed by atoms with Gasteiger partial charge in [-0.25, -0.2) is 14.8 Å². The van der Waals surface area contributed by atoms with Crippen molar-refractivity contribution < 1.29 is 14.3 Å². The molecule has 0 bridgehead atoms. The van der Waals surface area contributed by atoms with E-state index in [0.29, 0.717) is 44.4 Å². The molecule has 2 aliphatic heterocycles. The number of piperazine rings is 1. The van der Waals surface area contributed by atoms with Gasteiger partial charge in [0.05, 0.1) is 6.61 Å². The predicted octanol–water partition coefficient (Wildman–Crippen LogP) is 1.77. The normalized spacial score (nSPS) is 18.4. The summed E-state index contributed by atoms with van der Waals surface area (Å²) >= 11 is 0. The maximum Gasteiger partial charge on any atom is 0.409 e. The third-order valence-corrected chi connectivity index (χ3v) is 4.84. The summed E-state index contributed by atoms with van der Waals surface area (Å²) in [6.07, 6.45) is 6.09. The van der Waals surface area contributed by atoms with Gasteiger partial charge in [0.2, 0.25) is 5.95 Å². The number of amides is 2. The van der Waals surface area contributed by atoms with Crippen LogP contribution in [0.25, 0.3) is 0 Å². The van der Waals surface area contributed by atoms with Crippen molar-refractivity contribution in [3.63, 3.8) is 0 Å². The highest BCUT2D eigenvalue weighted by atomic mass is 16.6. The summed E-state index contributed by atoms with van der Waals surface area (Å²) in [5, 5.41) is 0. The number of hydrogen-bond acceptors (Lipinski definition) is 6. The van der Waals surface area contributed by atoms with E-state index in [-0.39, 0.29) is 12.0 Å². The molecule has 0 unspecified atom stereocenters. The van der Waals surface area contributed by atoms with Crippen LogP contribution in [0.2, 0.25) is 0 Å². The highest BCUT2D eigenvalue weighted by molar-refractivity contribution is 5.92. The Balaban J connectivity index is 1.61. The average molecular weight is 361 g/mol. The van der Waals surface area contributed by atoms with Crippen LogP contribution in [0.1, 0.15) is 43.1 Å². The number of aromatic nitrogens is 2. The van der Waals surface area contributed by atoms with Crippen molar-refractivity contribution in [1.29, 1.82) is 0 Å². The van der Waals surface area contributed by atoms with Crippen LogP contribution in [-0.4, -0.2) is 77.6 Å². The summed E-state index contributed by atoms with van der Waals surface area (Å²) in [6, 6.07) is 1.67. The topological polar surface area (TPSA) is 78.9 Å². The third-order valence-electron chi connectivity index (χ3n) is 4.84. The van der Waals surface area contributed by atoms with Crippen LogP contribution in [-0.2, 0) is 4.74 Å². The maximum atomic E-state index is 12.8. The molecule has 1 aromatic heterocycles. The van der Waals surface area contributed by atoms with E-state index in [1.807, 2.05) is 0 Å². The summed E-state index contributed by atoms with van der Waals surface area (Å²) in [7, 11) is 0. The standard InChI is InChI=1S/C18H27N5O3/c1-2-26-18(25)23-13-11-21(12-14-23)16(24)15-7-8-19-17(20-15)22-9-5-3-4-6-10-22/h7-8H,2-6,9-14H2,1H3. The van der Waals surface area contributed by atoms with Crippen molar-refractivity contribution in [3.05, 3.63) is 18.0 Å². The first-order valence-corrected chi connectivity index (χ1v) is 9.48. The zero-order chi connectivity index (χ0) is 18.4. The van der Waals surface area contributed by atoms with Gasteiger partial charge in [-0.05, 0) is 25.8 Å². The number of ether oxygens (including phenoxy) is 1. The molecule has 2 amide bonds. The molecule has 3 rings (SSSR count). The van der Waals surface area contributed by atoms with Crippen molar-refractivity contribution in [1.82, 2.24) is 19.8 Å². The van der Waals surface area contributed by atoms with E-state index in [9.17, 15) is 9.59 Å². The van der Waals surface area contributed by atoms with Crippen LogP contribution in [0.5, 0.6) is 0 Å². The van der Waals surface area contributed by atoms with Crippen LogP contribution in [0.3, 0.4) is 0 Å². The van der Waals surface area contributed by atoms with Crippen LogP contribution in [0, 0.1) is 0 Å². The Morgan fingerprint density at radius 3 is 2.31 bits per heavy atom. The first kappa shape index (κ1) is 18.4. The molecule has 2 aliphatic rings. The molecule has 2 saturated heterocycles. The minimum atomic E-state index is -0.315. The second kappa shape index (κ2) is 8.82. The lowest BCUT2D eigenvalue weighted by Crippen LogP contribution is -2.50. The van der Waals surface area contributed by atoms with E-state index in [4.69, 9.17) is 4.74 Å². The smallest absolute Gasteiger partial charge is 0.409 e. The number of carbonyl (C=O) groups is 2. The zero-order valence-corrected chi connectivity index (χ0v) is 15.4. The maximum absolute atomic E-state index is 12.8. The Bertz CT molecular complexity index is 623. The van der Waals surface area contributed by atoms with Gasteiger partial charge in [-0.3, -0.25) is 4.79 Å². The third kappa shape index (κ3) is 4.42. The summed E-state index contributed by atoms with van der Waals surface area (Å²) in [5.74, 6) is 0.537. The molecule has 0 saturated carbocycles. The lowest BCUT2D eigenvalue weighted by atomic mass is 10.2. The van der Waals surface area contributed by atoms with Crippen molar-refractivity contribution >= 4 is 17.9 Å². The molecule has 0 spiro atoms. The second-order valence-electron chi connectivity index (χ2n) is 6.62. The first-order chi connectivity index (χ1) is 12.7. The molecular weight excluding hydrogens is 334 g/mol. The molecule has 0 aromatic carbocycles. The fourth-order valence-electron chi connectivity index (χ4n) is 3.36. The molecule has 0 radical (unpaired) electrons. The Morgan fingerprint density at radius 2 is 1.65 bits per heavy atom. The van der Waals surface area contributed by atoms with E-state index in [2.05, 4.69) is 14.9 Å². The fraction of sp³-hybridized carbons (Fsp3) is 0.667. The molecule has 142 valence electrons. The molecule has 3 heterocycles. The van der Waals surface area contributed by atoms with Gasteiger partial charge in [0.15, 0.2) is 0 Å². The van der Waals surface area contributed by atoms with Gasteiger partial charge in [-0.2, -0.15) is 0 Å². The van der Waals surface area contributed by atoms with Crippen LogP contribution in [0.15, 0.2) is 12.3 Å². The van der Waals surface area contributed by atoms with Gasteiger partial charge in [0, 0.05) is 45.5 Å². The Labute approximate surface area is 154 Å². The van der Waals surface area contributed by atoms with Crippen molar-refractivity contribution in [2.24, 2.45) is 0 Å². The largest absolute Gasteiger partial charge is 0.450 e. The number of carbonyl (C=O) groups excluding carboxylic acids is 2. The molecule has 1 aromatic rings. The SMILES string of the molecule is CCOC(=O)N1CCN(C(=O)c2ccnc(N3CCCCCC3)n2)CC1. The molecule has 0 aliphatic carbocycles. The molecule has 0 atom stereocenters. The number of hydrogen-bond donors (Lipinski definition) is 0. The van der Waals surface area contributed by atoms with Gasteiger partial charge in [-0.15, -0.1) is 0 Å².